The molecule has 7 nitrogen and oxygen atoms in total. The molecule has 2 heterocycles. The number of carbonyl (C=O) groups excluding carboxylic acids is 1. The van der Waals surface area contributed by atoms with Crippen molar-refractivity contribution in [1.29, 1.82) is 0 Å². The molecule has 148 valence electrons. The molecule has 0 amide bonds. The Hall–Kier alpha value is -3.13. The average Bonchev–Trinajstić information content (AvgIpc) is 3.37. The number of hydrogen-bond donors (Lipinski definition) is 0. The maximum Gasteiger partial charge on any atom is 0.316 e. The van der Waals surface area contributed by atoms with Gasteiger partial charge in [0.2, 0.25) is 5.82 Å². The highest BCUT2D eigenvalue weighted by molar-refractivity contribution is 7.99. The number of carbonyl (C=O) groups is 1. The van der Waals surface area contributed by atoms with E-state index in [9.17, 15) is 4.79 Å². The molecule has 8 heteroatoms. The zero-order chi connectivity index (χ0) is 20.2. The molecule has 0 aliphatic carbocycles. The van der Waals surface area contributed by atoms with E-state index in [0.717, 1.165) is 11.1 Å². The summed E-state index contributed by atoms with van der Waals surface area (Å²) >= 11 is 1.18. The van der Waals surface area contributed by atoms with Crippen molar-refractivity contribution < 1.29 is 18.5 Å². The Morgan fingerprint density at radius 1 is 1.10 bits per heavy atom. The molecular formula is C21H19N3O4S. The summed E-state index contributed by atoms with van der Waals surface area (Å²) < 4.78 is 15.9. The lowest BCUT2D eigenvalue weighted by molar-refractivity contribution is -0.142. The van der Waals surface area contributed by atoms with E-state index in [0.29, 0.717) is 22.5 Å². The van der Waals surface area contributed by atoms with E-state index >= 15 is 0 Å². The molecule has 29 heavy (non-hydrogen) atoms. The molecule has 0 fully saturated rings. The minimum Gasteiger partial charge on any atom is -0.455 e. The minimum atomic E-state index is -0.418. The molecule has 2 aromatic carbocycles. The smallest absolute Gasteiger partial charge is 0.316 e. The van der Waals surface area contributed by atoms with Crippen molar-refractivity contribution in [2.45, 2.75) is 31.6 Å². The second kappa shape index (κ2) is 8.48. The third-order valence-corrected chi connectivity index (χ3v) is 5.05. The Morgan fingerprint density at radius 3 is 2.66 bits per heavy atom. The number of rotatable bonds is 7. The minimum absolute atomic E-state index is 0.0739. The standard InChI is InChI=1S/C21H19N3O4S/c1-13(2)14-7-9-15(10-8-14)20-23-18(28-24-20)11-26-19(25)12-29-21-22-16-5-3-4-6-17(16)27-21/h3-10,13H,11-12H2,1-2H3. The first kappa shape index (κ1) is 19.2. The van der Waals surface area contributed by atoms with Crippen molar-refractivity contribution in [2.24, 2.45) is 0 Å². The third kappa shape index (κ3) is 4.65. The van der Waals surface area contributed by atoms with Gasteiger partial charge in [-0.05, 0) is 23.6 Å². The summed E-state index contributed by atoms with van der Waals surface area (Å²) in [5, 5.41) is 4.37. The van der Waals surface area contributed by atoms with E-state index in [1.165, 1.54) is 17.3 Å². The largest absolute Gasteiger partial charge is 0.455 e. The molecule has 4 aromatic rings. The van der Waals surface area contributed by atoms with Gasteiger partial charge in [0, 0.05) is 5.56 Å². The van der Waals surface area contributed by atoms with Crippen LogP contribution in [0.15, 0.2) is 62.7 Å². The number of oxazole rings is 1. The van der Waals surface area contributed by atoms with Crippen LogP contribution >= 0.6 is 11.8 Å². The van der Waals surface area contributed by atoms with Crippen molar-refractivity contribution in [3.63, 3.8) is 0 Å². The topological polar surface area (TPSA) is 91.2 Å². The third-order valence-electron chi connectivity index (χ3n) is 4.25. The molecule has 0 aliphatic heterocycles. The fourth-order valence-electron chi connectivity index (χ4n) is 2.67. The van der Waals surface area contributed by atoms with Crippen LogP contribution in [0.4, 0.5) is 0 Å². The van der Waals surface area contributed by atoms with Gasteiger partial charge in [-0.3, -0.25) is 4.79 Å². The Labute approximate surface area is 171 Å². The van der Waals surface area contributed by atoms with Gasteiger partial charge < -0.3 is 13.7 Å². The van der Waals surface area contributed by atoms with Crippen LogP contribution in [0.25, 0.3) is 22.5 Å². The quantitative estimate of drug-likeness (QED) is 0.316. The van der Waals surface area contributed by atoms with E-state index in [4.69, 9.17) is 13.7 Å². The Bertz CT molecular complexity index is 1090. The van der Waals surface area contributed by atoms with Crippen LogP contribution in [0.5, 0.6) is 0 Å². The second-order valence-electron chi connectivity index (χ2n) is 6.69. The average molecular weight is 409 g/mol. The van der Waals surface area contributed by atoms with Crippen molar-refractivity contribution in [2.75, 3.05) is 5.75 Å². The first-order valence-corrected chi connectivity index (χ1v) is 10.1. The van der Waals surface area contributed by atoms with Crippen molar-refractivity contribution in [1.82, 2.24) is 15.1 Å². The highest BCUT2D eigenvalue weighted by Gasteiger charge is 2.13. The monoisotopic (exact) mass is 409 g/mol. The number of nitrogens with zero attached hydrogens (tertiary/aromatic N) is 3. The number of aromatic nitrogens is 3. The van der Waals surface area contributed by atoms with Gasteiger partial charge in [0.15, 0.2) is 12.2 Å². The van der Waals surface area contributed by atoms with Crippen molar-refractivity contribution in [3.05, 3.63) is 60.0 Å². The van der Waals surface area contributed by atoms with Crippen LogP contribution in [0, 0.1) is 0 Å². The van der Waals surface area contributed by atoms with E-state index in [1.807, 2.05) is 48.5 Å². The lowest BCUT2D eigenvalue weighted by Crippen LogP contribution is -2.07. The molecule has 0 atom stereocenters. The molecule has 0 unspecified atom stereocenters. The molecule has 0 aliphatic rings. The summed E-state index contributed by atoms with van der Waals surface area (Å²) in [6.07, 6.45) is 0. The van der Waals surface area contributed by atoms with Gasteiger partial charge in [0.25, 0.3) is 11.1 Å². The number of hydrogen-bond acceptors (Lipinski definition) is 8. The van der Waals surface area contributed by atoms with E-state index < -0.39 is 5.97 Å². The molecular weight excluding hydrogens is 390 g/mol. The maximum atomic E-state index is 12.0. The summed E-state index contributed by atoms with van der Waals surface area (Å²) in [6.45, 7) is 4.20. The van der Waals surface area contributed by atoms with Crippen LogP contribution in [0.1, 0.15) is 31.2 Å². The Kier molecular flexibility index (Phi) is 5.62. The number of ether oxygens (including phenoxy) is 1. The van der Waals surface area contributed by atoms with Gasteiger partial charge in [-0.15, -0.1) is 0 Å². The van der Waals surface area contributed by atoms with Crippen molar-refractivity contribution >= 4 is 28.8 Å². The number of esters is 1. The van der Waals surface area contributed by atoms with Gasteiger partial charge in [-0.2, -0.15) is 4.98 Å². The summed E-state index contributed by atoms with van der Waals surface area (Å²) in [5.41, 5.74) is 3.52. The molecule has 0 bridgehead atoms. The number of benzene rings is 2. The zero-order valence-electron chi connectivity index (χ0n) is 16.0. The van der Waals surface area contributed by atoms with Crippen LogP contribution < -0.4 is 0 Å². The molecule has 2 aromatic heterocycles. The summed E-state index contributed by atoms with van der Waals surface area (Å²) in [6, 6.07) is 15.4. The molecule has 0 radical (unpaired) electrons. The second-order valence-corrected chi connectivity index (χ2v) is 7.61. The lowest BCUT2D eigenvalue weighted by Gasteiger charge is -2.04. The summed E-state index contributed by atoms with van der Waals surface area (Å²) in [5.74, 6) is 0.820. The highest BCUT2D eigenvalue weighted by atomic mass is 32.2. The molecule has 0 N–H and O–H groups in total. The Balaban J connectivity index is 1.29. The summed E-state index contributed by atoms with van der Waals surface area (Å²) in [4.78, 5) is 20.6. The maximum absolute atomic E-state index is 12.0. The zero-order valence-corrected chi connectivity index (χ0v) is 16.8. The predicted octanol–water partition coefficient (Wildman–Crippen LogP) is 4.84. The summed E-state index contributed by atoms with van der Waals surface area (Å²) in [7, 11) is 0. The predicted molar refractivity (Wildman–Crippen MR) is 108 cm³/mol. The van der Waals surface area contributed by atoms with E-state index in [1.54, 1.807) is 0 Å². The van der Waals surface area contributed by atoms with Crippen LogP contribution in [-0.4, -0.2) is 26.8 Å². The van der Waals surface area contributed by atoms with Crippen LogP contribution in [0.2, 0.25) is 0 Å². The molecule has 4 rings (SSSR count). The van der Waals surface area contributed by atoms with Crippen molar-refractivity contribution in [3.8, 4) is 11.4 Å². The Morgan fingerprint density at radius 2 is 1.90 bits per heavy atom. The normalized spacial score (nSPS) is 11.3. The lowest BCUT2D eigenvalue weighted by atomic mass is 10.0. The fourth-order valence-corrected chi connectivity index (χ4v) is 3.30. The number of thioether (sulfide) groups is 1. The van der Waals surface area contributed by atoms with Gasteiger partial charge in [0.1, 0.15) is 11.3 Å². The van der Waals surface area contributed by atoms with Crippen LogP contribution in [0.3, 0.4) is 0 Å². The number of fused-ring (bicyclic) bond motifs is 1. The SMILES string of the molecule is CC(C)c1ccc(-c2noc(COC(=O)CSc3nc4ccccc4o3)n2)cc1. The van der Waals surface area contributed by atoms with Gasteiger partial charge in [-0.25, -0.2) is 4.98 Å². The molecule has 0 spiro atoms. The van der Waals surface area contributed by atoms with E-state index in [-0.39, 0.29) is 18.3 Å². The fraction of sp³-hybridized carbons (Fsp3) is 0.238. The van der Waals surface area contributed by atoms with Gasteiger partial charge in [-0.1, -0.05) is 67.2 Å². The first-order chi connectivity index (χ1) is 14.1. The van der Waals surface area contributed by atoms with Crippen LogP contribution in [-0.2, 0) is 16.1 Å². The molecule has 0 saturated carbocycles. The first-order valence-electron chi connectivity index (χ1n) is 9.15. The van der Waals surface area contributed by atoms with E-state index in [2.05, 4.69) is 29.0 Å². The highest BCUT2D eigenvalue weighted by Crippen LogP contribution is 2.23. The number of para-hydroxylation sites is 2. The van der Waals surface area contributed by atoms with Gasteiger partial charge in [0.05, 0.1) is 0 Å². The van der Waals surface area contributed by atoms with Gasteiger partial charge >= 0.3 is 5.97 Å². The molecule has 0 saturated heterocycles.